The van der Waals surface area contributed by atoms with E-state index in [0.29, 0.717) is 0 Å². The van der Waals surface area contributed by atoms with Crippen molar-refractivity contribution in [1.29, 1.82) is 0 Å². The summed E-state index contributed by atoms with van der Waals surface area (Å²) in [6.45, 7) is 0. The van der Waals surface area contributed by atoms with Crippen molar-refractivity contribution in [1.82, 2.24) is 4.57 Å². The highest BCUT2D eigenvalue weighted by atomic mass is 32.1. The zero-order chi connectivity index (χ0) is 29.9. The molecular formula is C42H25NO2S. The maximum atomic E-state index is 6.57. The highest BCUT2D eigenvalue weighted by molar-refractivity contribution is 7.26. The summed E-state index contributed by atoms with van der Waals surface area (Å²) in [7, 11) is 0. The van der Waals surface area contributed by atoms with E-state index in [9.17, 15) is 0 Å². The van der Waals surface area contributed by atoms with E-state index in [1.807, 2.05) is 29.5 Å². The van der Waals surface area contributed by atoms with E-state index in [4.69, 9.17) is 8.83 Å². The quantitative estimate of drug-likeness (QED) is 0.196. The van der Waals surface area contributed by atoms with Crippen LogP contribution < -0.4 is 10.6 Å². The largest absolute Gasteiger partial charge is 0.456 e. The lowest BCUT2D eigenvalue weighted by Gasteiger charge is -2.18. The number of aromatic nitrogens is 1. The van der Waals surface area contributed by atoms with E-state index >= 15 is 0 Å². The van der Waals surface area contributed by atoms with Gasteiger partial charge in [-0.15, -0.1) is 11.3 Å². The molecule has 0 N–H and O–H groups in total. The molecule has 0 saturated carbocycles. The van der Waals surface area contributed by atoms with Crippen molar-refractivity contribution in [3.63, 3.8) is 0 Å². The average Bonchev–Trinajstić information content (AvgIpc) is 3.86. The Kier molecular flexibility index (Phi) is 4.83. The van der Waals surface area contributed by atoms with Crippen LogP contribution in [0.5, 0.6) is 0 Å². The minimum Gasteiger partial charge on any atom is -0.456 e. The predicted molar refractivity (Wildman–Crippen MR) is 193 cm³/mol. The molecule has 0 bridgehead atoms. The number of furan rings is 2. The summed E-state index contributed by atoms with van der Waals surface area (Å²) >= 11 is 1.91. The van der Waals surface area contributed by atoms with Gasteiger partial charge in [0, 0.05) is 53.1 Å². The summed E-state index contributed by atoms with van der Waals surface area (Å²) in [4.78, 5) is 0. The van der Waals surface area contributed by atoms with Crippen molar-refractivity contribution in [2.75, 3.05) is 0 Å². The molecule has 0 saturated heterocycles. The van der Waals surface area contributed by atoms with Crippen molar-refractivity contribution >= 4 is 98.4 Å². The molecule has 1 aliphatic carbocycles. The van der Waals surface area contributed by atoms with E-state index < -0.39 is 0 Å². The van der Waals surface area contributed by atoms with E-state index in [1.54, 1.807) is 0 Å². The molecular weight excluding hydrogens is 583 g/mol. The molecule has 4 heterocycles. The maximum absolute atomic E-state index is 6.57. The molecule has 4 aromatic heterocycles. The Balaban J connectivity index is 1.13. The van der Waals surface area contributed by atoms with E-state index in [2.05, 4.69) is 120 Å². The lowest BCUT2D eigenvalue weighted by molar-refractivity contribution is 0.564. The van der Waals surface area contributed by atoms with Gasteiger partial charge in [0.2, 0.25) is 0 Å². The van der Waals surface area contributed by atoms with Gasteiger partial charge in [0.15, 0.2) is 0 Å². The summed E-state index contributed by atoms with van der Waals surface area (Å²) in [5.41, 5.74) is 8.57. The molecule has 4 heteroatoms. The van der Waals surface area contributed by atoms with Crippen LogP contribution in [-0.4, -0.2) is 4.57 Å². The van der Waals surface area contributed by atoms with Crippen LogP contribution in [0.3, 0.4) is 0 Å². The number of thiophene rings is 1. The molecule has 216 valence electrons. The molecule has 0 spiro atoms. The molecule has 1 unspecified atom stereocenters. The molecule has 1 atom stereocenters. The SMILES string of the molecule is C1=c2oc3cc(-c4cccc5oc6ccccc6c45)ccc3c2=CC(n2c3ccccc3c3ccc4c5ccccc5sc4c32)C1. The highest BCUT2D eigenvalue weighted by Gasteiger charge is 2.22. The third-order valence-electron chi connectivity index (χ3n) is 9.92. The van der Waals surface area contributed by atoms with Crippen LogP contribution in [0.25, 0.3) is 98.2 Å². The van der Waals surface area contributed by atoms with Gasteiger partial charge in [-0.05, 0) is 66.1 Å². The van der Waals surface area contributed by atoms with Crippen LogP contribution in [0.15, 0.2) is 130 Å². The third-order valence-corrected chi connectivity index (χ3v) is 11.1. The Hall–Kier alpha value is -5.58. The van der Waals surface area contributed by atoms with Gasteiger partial charge in [0.25, 0.3) is 0 Å². The molecule has 11 rings (SSSR count). The second-order valence-corrected chi connectivity index (χ2v) is 13.4. The maximum Gasteiger partial charge on any atom is 0.136 e. The second-order valence-electron chi connectivity index (χ2n) is 12.4. The number of benzene rings is 6. The first kappa shape index (κ1) is 24.7. The van der Waals surface area contributed by atoms with Crippen LogP contribution >= 0.6 is 11.3 Å². The van der Waals surface area contributed by atoms with Crippen LogP contribution in [-0.2, 0) is 0 Å². The van der Waals surface area contributed by atoms with Crippen molar-refractivity contribution in [2.24, 2.45) is 0 Å². The minimum absolute atomic E-state index is 0.164. The second kappa shape index (κ2) is 9.00. The summed E-state index contributed by atoms with van der Waals surface area (Å²) in [6, 6.07) is 43.7. The standard InChI is InChI=1S/C42H25NO2S/c1-4-12-34-27(8-1)30-19-20-31-29-9-3-6-15-39(29)46-42(31)41(30)43(34)25-17-21-36-33(23-25)28-18-16-24(22-38(28)45-36)26-11-7-14-37-40(26)32-10-2-5-13-35(32)44-37/h1-16,18-23,25H,17H2. The first-order chi connectivity index (χ1) is 22.8. The van der Waals surface area contributed by atoms with Gasteiger partial charge in [0.05, 0.1) is 16.3 Å². The Morgan fingerprint density at radius 2 is 1.39 bits per heavy atom. The molecule has 1 aliphatic rings. The fourth-order valence-corrected chi connectivity index (χ4v) is 9.16. The van der Waals surface area contributed by atoms with Crippen LogP contribution in [0.4, 0.5) is 0 Å². The Morgan fingerprint density at radius 3 is 2.35 bits per heavy atom. The van der Waals surface area contributed by atoms with Gasteiger partial charge >= 0.3 is 0 Å². The first-order valence-electron chi connectivity index (χ1n) is 15.8. The van der Waals surface area contributed by atoms with E-state index in [0.717, 1.165) is 55.9 Å². The summed E-state index contributed by atoms with van der Waals surface area (Å²) in [6.07, 6.45) is 5.59. The van der Waals surface area contributed by atoms with Crippen LogP contribution in [0, 0.1) is 0 Å². The lowest BCUT2D eigenvalue weighted by atomic mass is 9.98. The fraction of sp³-hybridized carbons (Fsp3) is 0.0476. The Labute approximate surface area is 266 Å². The van der Waals surface area contributed by atoms with Crippen LogP contribution in [0.1, 0.15) is 12.5 Å². The average molecular weight is 608 g/mol. The summed E-state index contributed by atoms with van der Waals surface area (Å²) in [5, 5.41) is 9.89. The zero-order valence-electron chi connectivity index (χ0n) is 24.7. The van der Waals surface area contributed by atoms with E-state index in [-0.39, 0.29) is 6.04 Å². The number of hydrogen-bond acceptors (Lipinski definition) is 3. The topological polar surface area (TPSA) is 31.2 Å². The van der Waals surface area contributed by atoms with Crippen molar-refractivity contribution in [3.05, 3.63) is 132 Å². The number of rotatable bonds is 2. The first-order valence-corrected chi connectivity index (χ1v) is 16.6. The smallest absolute Gasteiger partial charge is 0.136 e. The van der Waals surface area contributed by atoms with Gasteiger partial charge in [-0.1, -0.05) is 84.9 Å². The normalized spacial score (nSPS) is 15.0. The third kappa shape index (κ3) is 3.26. The molecule has 0 radical (unpaired) electrons. The Morgan fingerprint density at radius 1 is 0.609 bits per heavy atom. The molecule has 3 nitrogen and oxygen atoms in total. The van der Waals surface area contributed by atoms with Gasteiger partial charge < -0.3 is 13.4 Å². The molecule has 0 aliphatic heterocycles. The van der Waals surface area contributed by atoms with Crippen molar-refractivity contribution < 1.29 is 8.83 Å². The zero-order valence-corrected chi connectivity index (χ0v) is 25.5. The molecule has 0 fully saturated rings. The predicted octanol–water partition coefficient (Wildman–Crippen LogP) is 10.7. The summed E-state index contributed by atoms with van der Waals surface area (Å²) < 4.78 is 18.0. The lowest BCUT2D eigenvalue weighted by Crippen LogP contribution is -2.26. The molecule has 0 amide bonds. The Bertz CT molecular complexity index is 3020. The molecule has 46 heavy (non-hydrogen) atoms. The van der Waals surface area contributed by atoms with Gasteiger partial charge in [0.1, 0.15) is 22.2 Å². The number of hydrogen-bond donors (Lipinski definition) is 0. The summed E-state index contributed by atoms with van der Waals surface area (Å²) in [5.74, 6) is 0. The number of para-hydroxylation sites is 2. The molecule has 10 aromatic rings. The highest BCUT2D eigenvalue weighted by Crippen LogP contribution is 2.44. The monoisotopic (exact) mass is 607 g/mol. The van der Waals surface area contributed by atoms with Crippen molar-refractivity contribution in [3.8, 4) is 11.1 Å². The number of nitrogens with zero attached hydrogens (tertiary/aromatic N) is 1. The van der Waals surface area contributed by atoms with Crippen LogP contribution in [0.2, 0.25) is 0 Å². The van der Waals surface area contributed by atoms with E-state index in [1.165, 1.54) is 47.2 Å². The van der Waals surface area contributed by atoms with Crippen molar-refractivity contribution in [2.45, 2.75) is 12.5 Å². The van der Waals surface area contributed by atoms with Gasteiger partial charge in [-0.3, -0.25) is 0 Å². The molecule has 6 aromatic carbocycles. The fourth-order valence-electron chi connectivity index (χ4n) is 7.92. The minimum atomic E-state index is 0.164. The van der Waals surface area contributed by atoms with Gasteiger partial charge in [-0.25, -0.2) is 0 Å². The van der Waals surface area contributed by atoms with Gasteiger partial charge in [-0.2, -0.15) is 0 Å². The number of fused-ring (bicyclic) bond motifs is 13.